The smallest absolute Gasteiger partial charge is 0.295 e. The largest absolute Gasteiger partial charge is 0.507 e. The fourth-order valence-corrected chi connectivity index (χ4v) is 4.59. The van der Waals surface area contributed by atoms with Gasteiger partial charge in [-0.3, -0.25) is 9.59 Å². The van der Waals surface area contributed by atoms with Crippen molar-refractivity contribution in [3.8, 4) is 5.75 Å². The van der Waals surface area contributed by atoms with Crippen LogP contribution in [0.4, 0.5) is 4.39 Å². The summed E-state index contributed by atoms with van der Waals surface area (Å²) in [5, 5.41) is 12.2. The monoisotopic (exact) mass is 470 g/mol. The zero-order chi connectivity index (χ0) is 24.5. The highest BCUT2D eigenvalue weighted by Crippen LogP contribution is 2.39. The van der Waals surface area contributed by atoms with E-state index in [1.807, 2.05) is 30.5 Å². The van der Waals surface area contributed by atoms with E-state index in [0.29, 0.717) is 23.3 Å². The average molecular weight is 471 g/mol. The first-order chi connectivity index (χ1) is 17.0. The summed E-state index contributed by atoms with van der Waals surface area (Å²) >= 11 is 0. The molecule has 1 amide bonds. The topological polar surface area (TPSA) is 82.6 Å². The van der Waals surface area contributed by atoms with Gasteiger partial charge in [0.2, 0.25) is 0 Å². The summed E-state index contributed by atoms with van der Waals surface area (Å²) in [6.45, 7) is 0.244. The molecule has 176 valence electrons. The third kappa shape index (κ3) is 4.05. The SMILES string of the molecule is COc1ccc(/C(O)=C2/C(=O)C(=O)N(CCc3c[nH]c4ccccc34)C2c2ccc(F)cc2)cc1. The summed E-state index contributed by atoms with van der Waals surface area (Å²) in [6.07, 6.45) is 2.39. The summed E-state index contributed by atoms with van der Waals surface area (Å²) < 4.78 is 18.8. The summed E-state index contributed by atoms with van der Waals surface area (Å²) in [4.78, 5) is 31.0. The Morgan fingerprint density at radius 3 is 2.46 bits per heavy atom. The van der Waals surface area contributed by atoms with Gasteiger partial charge in [0.25, 0.3) is 11.7 Å². The number of nitrogens with zero attached hydrogens (tertiary/aromatic N) is 1. The number of carbonyl (C=O) groups excluding carboxylic acids is 2. The van der Waals surface area contributed by atoms with Crippen LogP contribution in [0.25, 0.3) is 16.7 Å². The summed E-state index contributed by atoms with van der Waals surface area (Å²) in [5.74, 6) is -1.59. The second kappa shape index (κ2) is 9.10. The van der Waals surface area contributed by atoms with Crippen LogP contribution in [0.3, 0.4) is 0 Å². The Morgan fingerprint density at radius 1 is 1.03 bits per heavy atom. The third-order valence-corrected chi connectivity index (χ3v) is 6.39. The third-order valence-electron chi connectivity index (χ3n) is 6.39. The number of fused-ring (bicyclic) bond motifs is 1. The van der Waals surface area contributed by atoms with E-state index in [0.717, 1.165) is 16.5 Å². The van der Waals surface area contributed by atoms with Gasteiger partial charge in [-0.2, -0.15) is 0 Å². The van der Waals surface area contributed by atoms with Crippen LogP contribution in [0, 0.1) is 5.82 Å². The van der Waals surface area contributed by atoms with Crippen LogP contribution in [-0.2, 0) is 16.0 Å². The first-order valence-electron chi connectivity index (χ1n) is 11.2. The minimum absolute atomic E-state index is 0.0225. The van der Waals surface area contributed by atoms with E-state index >= 15 is 0 Å². The van der Waals surface area contributed by atoms with Crippen molar-refractivity contribution >= 4 is 28.4 Å². The van der Waals surface area contributed by atoms with Crippen LogP contribution in [0.15, 0.2) is 84.6 Å². The predicted octanol–water partition coefficient (Wildman–Crippen LogP) is 4.98. The number of ketones is 1. The molecule has 2 N–H and O–H groups in total. The number of amides is 1. The van der Waals surface area contributed by atoms with Gasteiger partial charge in [-0.25, -0.2) is 4.39 Å². The lowest BCUT2D eigenvalue weighted by molar-refractivity contribution is -0.139. The lowest BCUT2D eigenvalue weighted by Crippen LogP contribution is -2.31. The second-order valence-corrected chi connectivity index (χ2v) is 8.38. The second-order valence-electron chi connectivity index (χ2n) is 8.38. The highest BCUT2D eigenvalue weighted by molar-refractivity contribution is 6.46. The number of H-pyrrole nitrogens is 1. The fraction of sp³-hybridized carbons (Fsp3) is 0.143. The van der Waals surface area contributed by atoms with E-state index in [2.05, 4.69) is 4.98 Å². The number of benzene rings is 3. The molecule has 35 heavy (non-hydrogen) atoms. The number of aliphatic hydroxyl groups is 1. The zero-order valence-electron chi connectivity index (χ0n) is 19.0. The highest BCUT2D eigenvalue weighted by Gasteiger charge is 2.45. The van der Waals surface area contributed by atoms with Crippen LogP contribution in [-0.4, -0.2) is 40.3 Å². The van der Waals surface area contributed by atoms with E-state index in [4.69, 9.17) is 4.74 Å². The summed E-state index contributed by atoms with van der Waals surface area (Å²) in [7, 11) is 1.53. The Kier molecular flexibility index (Phi) is 5.82. The number of nitrogens with one attached hydrogen (secondary N) is 1. The molecule has 1 saturated heterocycles. The predicted molar refractivity (Wildman–Crippen MR) is 130 cm³/mol. The Balaban J connectivity index is 1.55. The number of likely N-dealkylation sites (tertiary alicyclic amines) is 1. The van der Waals surface area contributed by atoms with Crippen molar-refractivity contribution in [2.75, 3.05) is 13.7 Å². The zero-order valence-corrected chi connectivity index (χ0v) is 19.0. The number of carbonyl (C=O) groups is 2. The lowest BCUT2D eigenvalue weighted by Gasteiger charge is -2.25. The van der Waals surface area contributed by atoms with Gasteiger partial charge in [-0.1, -0.05) is 30.3 Å². The van der Waals surface area contributed by atoms with Crippen LogP contribution in [0.1, 0.15) is 22.7 Å². The number of hydrogen-bond acceptors (Lipinski definition) is 4. The number of aliphatic hydroxyl groups excluding tert-OH is 1. The molecule has 3 aromatic carbocycles. The van der Waals surface area contributed by atoms with Gasteiger partial charge in [0.15, 0.2) is 0 Å². The quantitative estimate of drug-likeness (QED) is 0.237. The maximum atomic E-state index is 13.7. The van der Waals surface area contributed by atoms with E-state index < -0.39 is 23.5 Å². The van der Waals surface area contributed by atoms with Gasteiger partial charge in [-0.15, -0.1) is 0 Å². The Bertz CT molecular complexity index is 1440. The fourth-order valence-electron chi connectivity index (χ4n) is 4.59. The first-order valence-corrected chi connectivity index (χ1v) is 11.2. The number of aromatic nitrogens is 1. The van der Waals surface area contributed by atoms with Crippen molar-refractivity contribution in [1.82, 2.24) is 9.88 Å². The molecule has 0 bridgehead atoms. The standard InChI is InChI=1S/C28H23FN2O4/c1-35-21-12-8-18(9-13-21)26(32)24-25(17-6-10-20(29)11-7-17)31(28(34)27(24)33)15-14-19-16-30-23-5-3-2-4-22(19)23/h2-13,16,25,30,32H,14-15H2,1H3/b26-24-. The molecule has 1 atom stereocenters. The van der Waals surface area contributed by atoms with Crippen molar-refractivity contribution < 1.29 is 23.8 Å². The molecular weight excluding hydrogens is 447 g/mol. The minimum Gasteiger partial charge on any atom is -0.507 e. The van der Waals surface area contributed by atoms with E-state index in [1.54, 1.807) is 24.3 Å². The number of Topliss-reactive ketones (excluding diaryl/α,β-unsaturated/α-hetero) is 1. The Morgan fingerprint density at radius 2 is 1.74 bits per heavy atom. The molecule has 2 heterocycles. The molecule has 0 spiro atoms. The number of halogens is 1. The minimum atomic E-state index is -0.845. The molecule has 1 fully saturated rings. The molecule has 1 aliphatic rings. The van der Waals surface area contributed by atoms with Gasteiger partial charge in [0, 0.05) is 29.2 Å². The van der Waals surface area contributed by atoms with Gasteiger partial charge in [0.05, 0.1) is 18.7 Å². The van der Waals surface area contributed by atoms with Crippen LogP contribution < -0.4 is 4.74 Å². The van der Waals surface area contributed by atoms with E-state index in [9.17, 15) is 19.1 Å². The van der Waals surface area contributed by atoms with Gasteiger partial charge in [-0.05, 0) is 60.0 Å². The molecule has 0 aliphatic carbocycles. The molecule has 4 aromatic rings. The summed E-state index contributed by atoms with van der Waals surface area (Å²) in [5.41, 5.74) is 2.90. The van der Waals surface area contributed by atoms with Gasteiger partial charge < -0.3 is 19.7 Å². The molecule has 0 saturated carbocycles. The number of hydrogen-bond donors (Lipinski definition) is 2. The average Bonchev–Trinajstić information content (AvgIpc) is 3.41. The van der Waals surface area contributed by atoms with E-state index in [1.165, 1.54) is 36.3 Å². The van der Waals surface area contributed by atoms with Gasteiger partial charge >= 0.3 is 0 Å². The Labute approximate surface area is 201 Å². The maximum Gasteiger partial charge on any atom is 0.295 e. The van der Waals surface area contributed by atoms with Crippen molar-refractivity contribution in [3.63, 3.8) is 0 Å². The Hall–Kier alpha value is -4.39. The molecule has 7 heteroatoms. The number of rotatable bonds is 6. The molecule has 6 nitrogen and oxygen atoms in total. The highest BCUT2D eigenvalue weighted by atomic mass is 19.1. The van der Waals surface area contributed by atoms with Crippen LogP contribution in [0.5, 0.6) is 5.75 Å². The number of para-hydroxylation sites is 1. The lowest BCUT2D eigenvalue weighted by atomic mass is 9.95. The molecule has 1 aromatic heterocycles. The number of methoxy groups -OCH3 is 1. The van der Waals surface area contributed by atoms with Crippen molar-refractivity contribution in [2.45, 2.75) is 12.5 Å². The van der Waals surface area contributed by atoms with Crippen molar-refractivity contribution in [2.24, 2.45) is 0 Å². The van der Waals surface area contributed by atoms with Crippen LogP contribution >= 0.6 is 0 Å². The molecule has 0 radical (unpaired) electrons. The molecule has 1 unspecified atom stereocenters. The molecule has 5 rings (SSSR count). The number of aromatic amines is 1. The number of ether oxygens (including phenoxy) is 1. The normalized spacial score (nSPS) is 17.3. The van der Waals surface area contributed by atoms with E-state index in [-0.39, 0.29) is 17.9 Å². The molecular formula is C28H23FN2O4. The van der Waals surface area contributed by atoms with Crippen molar-refractivity contribution in [3.05, 3.63) is 107 Å². The summed E-state index contributed by atoms with van der Waals surface area (Å²) in [6, 6.07) is 19.2. The first kappa shape index (κ1) is 22.4. The van der Waals surface area contributed by atoms with Gasteiger partial charge in [0.1, 0.15) is 17.3 Å². The maximum absolute atomic E-state index is 13.7. The van der Waals surface area contributed by atoms with Crippen LogP contribution in [0.2, 0.25) is 0 Å². The van der Waals surface area contributed by atoms with Crippen molar-refractivity contribution in [1.29, 1.82) is 0 Å². The molecule has 1 aliphatic heterocycles.